The number of fused-ring (bicyclic) bond motifs is 1. The molecule has 1 aliphatic heterocycles. The molecule has 43 heavy (non-hydrogen) atoms. The van der Waals surface area contributed by atoms with Gasteiger partial charge in [-0.1, -0.05) is 30.3 Å². The summed E-state index contributed by atoms with van der Waals surface area (Å²) in [5, 5.41) is 5.15. The molecule has 16 heteroatoms. The first-order valence-corrected chi connectivity index (χ1v) is 12.7. The third-order valence-electron chi connectivity index (χ3n) is 6.65. The van der Waals surface area contributed by atoms with Crippen molar-refractivity contribution in [2.45, 2.75) is 24.9 Å². The highest BCUT2D eigenvalue weighted by Crippen LogP contribution is 2.40. The second-order valence-corrected chi connectivity index (χ2v) is 9.48. The summed E-state index contributed by atoms with van der Waals surface area (Å²) >= 11 is 0. The minimum atomic E-state index is -5.38. The Morgan fingerprint density at radius 2 is 1.84 bits per heavy atom. The van der Waals surface area contributed by atoms with Crippen LogP contribution in [-0.4, -0.2) is 75.4 Å². The molecule has 3 aromatic heterocycles. The van der Waals surface area contributed by atoms with Crippen molar-refractivity contribution in [2.24, 2.45) is 0 Å². The Bertz CT molecular complexity index is 1660. The summed E-state index contributed by atoms with van der Waals surface area (Å²) in [5.74, 6) is -4.13. The standard InChI is InChI=1S/C27H22F6N6O4/c1-42-23-18(24(40)38-7-8-43-17(13-38)9-15-5-3-2-4-6-15)10-16(12-34-23)20-11-19(26(28,29)30)21-22(35-14-36-39(20)21)37-25(41)27(31,32)33/h2-6,10-12,14,17H,7-9,13H2,1H3,(H,35,36,37,41). The predicted molar refractivity (Wildman–Crippen MR) is 138 cm³/mol. The Kier molecular flexibility index (Phi) is 7.96. The first kappa shape index (κ1) is 29.8. The van der Waals surface area contributed by atoms with Gasteiger partial charge in [-0.05, 0) is 17.7 Å². The van der Waals surface area contributed by atoms with Crippen LogP contribution in [0.3, 0.4) is 0 Å². The number of aromatic nitrogens is 4. The SMILES string of the molecule is COc1ncc(-c2cc(C(F)(F)F)c3c(NC(=O)C(F)(F)F)ncnn23)cc1C(=O)N1CCOC(Cc2ccccc2)C1. The molecule has 0 aliphatic carbocycles. The highest BCUT2D eigenvalue weighted by Gasteiger charge is 2.41. The Balaban J connectivity index is 1.52. The normalized spacial score (nSPS) is 15.9. The highest BCUT2D eigenvalue weighted by molar-refractivity contribution is 5.99. The van der Waals surface area contributed by atoms with E-state index in [0.717, 1.165) is 11.8 Å². The van der Waals surface area contributed by atoms with E-state index in [2.05, 4.69) is 15.1 Å². The molecule has 0 radical (unpaired) electrons. The number of methoxy groups -OCH3 is 1. The van der Waals surface area contributed by atoms with Gasteiger partial charge >= 0.3 is 18.3 Å². The van der Waals surface area contributed by atoms with Crippen molar-refractivity contribution < 1.29 is 45.4 Å². The van der Waals surface area contributed by atoms with Crippen LogP contribution in [0.5, 0.6) is 5.88 Å². The van der Waals surface area contributed by atoms with Gasteiger partial charge in [-0.2, -0.15) is 31.4 Å². The quantitative estimate of drug-likeness (QED) is 0.323. The molecule has 1 aliphatic rings. The van der Waals surface area contributed by atoms with Crippen LogP contribution in [0.15, 0.2) is 55.0 Å². The smallest absolute Gasteiger partial charge is 0.471 e. The molecule has 2 amide bonds. The van der Waals surface area contributed by atoms with Crippen molar-refractivity contribution in [3.63, 3.8) is 0 Å². The van der Waals surface area contributed by atoms with Crippen LogP contribution in [-0.2, 0) is 22.1 Å². The summed E-state index contributed by atoms with van der Waals surface area (Å²) in [6.07, 6.45) is -8.41. The number of carbonyl (C=O) groups excluding carboxylic acids is 2. The molecule has 1 aromatic carbocycles. The number of morpholine rings is 1. The topological polar surface area (TPSA) is 111 Å². The fraction of sp³-hybridized carbons (Fsp3) is 0.296. The van der Waals surface area contributed by atoms with E-state index in [4.69, 9.17) is 9.47 Å². The number of nitrogens with zero attached hydrogens (tertiary/aromatic N) is 5. The summed E-state index contributed by atoms with van der Waals surface area (Å²) in [5.41, 5.74) is -1.71. The minimum Gasteiger partial charge on any atom is -0.480 e. The number of alkyl halides is 6. The van der Waals surface area contributed by atoms with E-state index in [1.165, 1.54) is 23.4 Å². The van der Waals surface area contributed by atoms with Crippen LogP contribution in [0, 0.1) is 0 Å². The molecule has 1 unspecified atom stereocenters. The maximum Gasteiger partial charge on any atom is 0.471 e. The van der Waals surface area contributed by atoms with Crippen molar-refractivity contribution >= 4 is 23.1 Å². The summed E-state index contributed by atoms with van der Waals surface area (Å²) in [7, 11) is 1.27. The van der Waals surface area contributed by atoms with Gasteiger partial charge in [-0.3, -0.25) is 9.59 Å². The molecule has 1 N–H and O–H groups in total. The van der Waals surface area contributed by atoms with E-state index in [-0.39, 0.29) is 48.5 Å². The average Bonchev–Trinajstić information content (AvgIpc) is 3.38. The molecule has 4 aromatic rings. The first-order chi connectivity index (χ1) is 20.4. The lowest BCUT2D eigenvalue weighted by atomic mass is 10.1. The maximum absolute atomic E-state index is 14.0. The number of anilines is 1. The number of carbonyl (C=O) groups is 2. The molecule has 226 valence electrons. The van der Waals surface area contributed by atoms with E-state index < -0.39 is 41.1 Å². The van der Waals surface area contributed by atoms with Crippen LogP contribution in [0.1, 0.15) is 21.5 Å². The molecule has 5 rings (SSSR count). The summed E-state index contributed by atoms with van der Waals surface area (Å²) < 4.78 is 92.5. The predicted octanol–water partition coefficient (Wildman–Crippen LogP) is 4.40. The Morgan fingerprint density at radius 3 is 2.51 bits per heavy atom. The highest BCUT2D eigenvalue weighted by atomic mass is 19.4. The Morgan fingerprint density at radius 1 is 1.09 bits per heavy atom. The fourth-order valence-electron chi connectivity index (χ4n) is 4.72. The number of halogens is 6. The monoisotopic (exact) mass is 608 g/mol. The van der Waals surface area contributed by atoms with Crippen molar-refractivity contribution in [1.29, 1.82) is 0 Å². The van der Waals surface area contributed by atoms with Gasteiger partial charge in [0.15, 0.2) is 5.82 Å². The number of rotatable bonds is 6. The largest absolute Gasteiger partial charge is 0.480 e. The molecule has 0 saturated carbocycles. The molecular weight excluding hydrogens is 586 g/mol. The van der Waals surface area contributed by atoms with Gasteiger partial charge in [0.25, 0.3) is 5.91 Å². The number of benzene rings is 1. The number of hydrogen-bond donors (Lipinski definition) is 1. The van der Waals surface area contributed by atoms with Crippen molar-refractivity contribution in [3.8, 4) is 17.1 Å². The van der Waals surface area contributed by atoms with Crippen LogP contribution < -0.4 is 10.1 Å². The van der Waals surface area contributed by atoms with Gasteiger partial charge in [-0.25, -0.2) is 14.5 Å². The lowest BCUT2D eigenvalue weighted by Crippen LogP contribution is -2.46. The third kappa shape index (κ3) is 6.23. The van der Waals surface area contributed by atoms with Crippen LogP contribution >= 0.6 is 0 Å². The van der Waals surface area contributed by atoms with Crippen LogP contribution in [0.2, 0.25) is 0 Å². The minimum absolute atomic E-state index is 0.0319. The number of amides is 2. The van der Waals surface area contributed by atoms with Gasteiger partial charge in [-0.15, -0.1) is 0 Å². The number of ether oxygens (including phenoxy) is 2. The number of hydrogen-bond acceptors (Lipinski definition) is 7. The zero-order chi connectivity index (χ0) is 30.9. The fourth-order valence-corrected chi connectivity index (χ4v) is 4.72. The molecule has 0 spiro atoms. The maximum atomic E-state index is 14.0. The molecule has 1 fully saturated rings. The van der Waals surface area contributed by atoms with E-state index in [1.807, 2.05) is 30.3 Å². The number of pyridine rings is 1. The summed E-state index contributed by atoms with van der Waals surface area (Å²) in [4.78, 5) is 34.2. The summed E-state index contributed by atoms with van der Waals surface area (Å²) in [6, 6.07) is 11.4. The van der Waals surface area contributed by atoms with Crippen LogP contribution in [0.25, 0.3) is 16.8 Å². The van der Waals surface area contributed by atoms with E-state index >= 15 is 0 Å². The lowest BCUT2D eigenvalue weighted by molar-refractivity contribution is -0.167. The van der Waals surface area contributed by atoms with Gasteiger partial charge < -0.3 is 19.7 Å². The molecule has 4 heterocycles. The van der Waals surface area contributed by atoms with E-state index in [0.29, 0.717) is 23.3 Å². The van der Waals surface area contributed by atoms with Gasteiger partial charge in [0, 0.05) is 31.3 Å². The summed E-state index contributed by atoms with van der Waals surface area (Å²) in [6.45, 7) is 0.711. The molecule has 10 nitrogen and oxygen atoms in total. The van der Waals surface area contributed by atoms with E-state index in [9.17, 15) is 35.9 Å². The van der Waals surface area contributed by atoms with Gasteiger partial charge in [0.05, 0.1) is 31.1 Å². The zero-order valence-corrected chi connectivity index (χ0v) is 22.2. The number of nitrogens with one attached hydrogen (secondary N) is 1. The van der Waals surface area contributed by atoms with E-state index in [1.54, 1.807) is 0 Å². The first-order valence-electron chi connectivity index (χ1n) is 12.7. The second kappa shape index (κ2) is 11.5. The van der Waals surface area contributed by atoms with Gasteiger partial charge in [0.1, 0.15) is 17.4 Å². The Labute approximate surface area is 239 Å². The zero-order valence-electron chi connectivity index (χ0n) is 22.2. The van der Waals surface area contributed by atoms with Gasteiger partial charge in [0.2, 0.25) is 5.88 Å². The lowest BCUT2D eigenvalue weighted by Gasteiger charge is -2.33. The van der Waals surface area contributed by atoms with Crippen molar-refractivity contribution in [3.05, 3.63) is 71.7 Å². The third-order valence-corrected chi connectivity index (χ3v) is 6.65. The Hall–Kier alpha value is -4.73. The average molecular weight is 608 g/mol. The molecule has 1 saturated heterocycles. The molecule has 0 bridgehead atoms. The van der Waals surface area contributed by atoms with Crippen molar-refractivity contribution in [2.75, 3.05) is 32.1 Å². The second-order valence-electron chi connectivity index (χ2n) is 9.48. The molecular formula is C27H22F6N6O4. The van der Waals surface area contributed by atoms with Crippen molar-refractivity contribution in [1.82, 2.24) is 24.5 Å². The van der Waals surface area contributed by atoms with Crippen LogP contribution in [0.4, 0.5) is 32.2 Å². The molecule has 1 atom stereocenters.